The van der Waals surface area contributed by atoms with E-state index in [0.29, 0.717) is 12.8 Å². The maximum absolute atomic E-state index is 10.9. The number of methoxy groups -OCH3 is 2. The summed E-state index contributed by atoms with van der Waals surface area (Å²) in [5.41, 5.74) is 3.65. The van der Waals surface area contributed by atoms with E-state index in [0.717, 1.165) is 12.8 Å². The Labute approximate surface area is 83.5 Å². The smallest absolute Gasteiger partial charge is 0.364 e. The molecule has 3 N–H and O–H groups in total. The molecule has 0 saturated carbocycles. The van der Waals surface area contributed by atoms with E-state index in [-0.39, 0.29) is 18.0 Å². The van der Waals surface area contributed by atoms with Gasteiger partial charge >= 0.3 is 11.9 Å². The first-order valence-electron chi connectivity index (χ1n) is 4.59. The SMILES string of the molecule is COC(=O)CCCCC([NH3+])C(=O)OC. The van der Waals surface area contributed by atoms with E-state index in [9.17, 15) is 9.59 Å². The van der Waals surface area contributed by atoms with Gasteiger partial charge in [-0.1, -0.05) is 0 Å². The minimum Gasteiger partial charge on any atom is -0.469 e. The van der Waals surface area contributed by atoms with Crippen molar-refractivity contribution < 1.29 is 24.8 Å². The number of quaternary nitrogens is 1. The highest BCUT2D eigenvalue weighted by atomic mass is 16.5. The minimum absolute atomic E-state index is 0.219. The van der Waals surface area contributed by atoms with Crippen molar-refractivity contribution >= 4 is 11.9 Å². The number of carbonyl (C=O) groups is 2. The van der Waals surface area contributed by atoms with Crippen molar-refractivity contribution in [2.45, 2.75) is 31.7 Å². The maximum Gasteiger partial charge on any atom is 0.364 e. The highest BCUT2D eigenvalue weighted by Crippen LogP contribution is 2.03. The van der Waals surface area contributed by atoms with Crippen LogP contribution in [-0.4, -0.2) is 32.2 Å². The number of carbonyl (C=O) groups excluding carboxylic acids is 2. The summed E-state index contributed by atoms with van der Waals surface area (Å²) in [6.07, 6.45) is 2.53. The molecule has 0 aliphatic heterocycles. The summed E-state index contributed by atoms with van der Waals surface area (Å²) in [6.45, 7) is 0. The van der Waals surface area contributed by atoms with Crippen LogP contribution >= 0.6 is 0 Å². The van der Waals surface area contributed by atoms with Gasteiger partial charge in [0.1, 0.15) is 0 Å². The summed E-state index contributed by atoms with van der Waals surface area (Å²) in [7, 11) is 2.70. The molecule has 0 radical (unpaired) electrons. The third-order valence-electron chi connectivity index (χ3n) is 1.95. The van der Waals surface area contributed by atoms with E-state index in [1.807, 2.05) is 0 Å². The molecule has 0 aromatic rings. The van der Waals surface area contributed by atoms with Crippen molar-refractivity contribution in [3.8, 4) is 0 Å². The molecule has 1 unspecified atom stereocenters. The number of unbranched alkanes of at least 4 members (excludes halogenated alkanes) is 1. The van der Waals surface area contributed by atoms with Gasteiger partial charge in [0.25, 0.3) is 0 Å². The van der Waals surface area contributed by atoms with Crippen molar-refractivity contribution in [1.29, 1.82) is 0 Å². The predicted molar refractivity (Wildman–Crippen MR) is 49.2 cm³/mol. The van der Waals surface area contributed by atoms with Crippen molar-refractivity contribution in [3.05, 3.63) is 0 Å². The van der Waals surface area contributed by atoms with Gasteiger partial charge in [0.15, 0.2) is 6.04 Å². The maximum atomic E-state index is 10.9. The molecule has 0 fully saturated rings. The fourth-order valence-corrected chi connectivity index (χ4v) is 1.05. The van der Waals surface area contributed by atoms with Crippen LogP contribution in [0.4, 0.5) is 0 Å². The summed E-state index contributed by atoms with van der Waals surface area (Å²) >= 11 is 0. The highest BCUT2D eigenvalue weighted by Gasteiger charge is 2.16. The zero-order valence-electron chi connectivity index (χ0n) is 8.75. The zero-order chi connectivity index (χ0) is 11.0. The first-order valence-corrected chi connectivity index (χ1v) is 4.59. The van der Waals surface area contributed by atoms with E-state index in [1.165, 1.54) is 14.2 Å². The molecule has 1 atom stereocenters. The Morgan fingerprint density at radius 3 is 2.36 bits per heavy atom. The molecule has 14 heavy (non-hydrogen) atoms. The topological polar surface area (TPSA) is 80.2 Å². The molecule has 0 saturated heterocycles. The first-order chi connectivity index (χ1) is 6.61. The Balaban J connectivity index is 3.45. The lowest BCUT2D eigenvalue weighted by molar-refractivity contribution is -0.409. The van der Waals surface area contributed by atoms with Gasteiger partial charge in [-0.3, -0.25) is 4.79 Å². The Morgan fingerprint density at radius 1 is 1.21 bits per heavy atom. The number of ether oxygens (including phenoxy) is 2. The highest BCUT2D eigenvalue weighted by molar-refractivity contribution is 5.73. The van der Waals surface area contributed by atoms with Crippen LogP contribution in [0.2, 0.25) is 0 Å². The van der Waals surface area contributed by atoms with Gasteiger partial charge in [-0.2, -0.15) is 0 Å². The van der Waals surface area contributed by atoms with Gasteiger partial charge < -0.3 is 15.2 Å². The third-order valence-corrected chi connectivity index (χ3v) is 1.95. The molecule has 0 rings (SSSR count). The molecule has 0 aliphatic carbocycles. The predicted octanol–water partition coefficient (Wildman–Crippen LogP) is -0.497. The van der Waals surface area contributed by atoms with Gasteiger partial charge in [-0.05, 0) is 12.8 Å². The van der Waals surface area contributed by atoms with Gasteiger partial charge in [0.05, 0.1) is 14.2 Å². The Hall–Kier alpha value is -1.10. The van der Waals surface area contributed by atoms with E-state index < -0.39 is 0 Å². The molecular weight excluding hydrogens is 186 g/mol. The molecule has 5 nitrogen and oxygen atoms in total. The molecule has 0 bridgehead atoms. The summed E-state index contributed by atoms with van der Waals surface area (Å²) in [5.74, 6) is -0.522. The quantitative estimate of drug-likeness (QED) is 0.467. The Kier molecular flexibility index (Phi) is 6.74. The monoisotopic (exact) mass is 204 g/mol. The summed E-state index contributed by atoms with van der Waals surface area (Å²) in [6, 6.07) is -0.336. The van der Waals surface area contributed by atoms with Crippen molar-refractivity contribution in [1.82, 2.24) is 0 Å². The van der Waals surface area contributed by atoms with Gasteiger partial charge in [-0.25, -0.2) is 4.79 Å². The second-order valence-electron chi connectivity index (χ2n) is 3.04. The van der Waals surface area contributed by atoms with E-state index in [2.05, 4.69) is 15.2 Å². The van der Waals surface area contributed by atoms with Gasteiger partial charge in [-0.15, -0.1) is 0 Å². The molecule has 0 amide bonds. The van der Waals surface area contributed by atoms with Gasteiger partial charge in [0, 0.05) is 12.8 Å². The van der Waals surface area contributed by atoms with Crippen LogP contribution in [0.3, 0.4) is 0 Å². The number of hydrogen-bond donors (Lipinski definition) is 1. The van der Waals surface area contributed by atoms with Gasteiger partial charge in [0.2, 0.25) is 0 Å². The zero-order valence-corrected chi connectivity index (χ0v) is 8.75. The molecule has 82 valence electrons. The van der Waals surface area contributed by atoms with Crippen LogP contribution in [-0.2, 0) is 19.1 Å². The fourth-order valence-electron chi connectivity index (χ4n) is 1.05. The molecule has 0 spiro atoms. The Morgan fingerprint density at radius 2 is 1.86 bits per heavy atom. The molecule has 0 heterocycles. The van der Waals surface area contributed by atoms with Crippen LogP contribution in [0.25, 0.3) is 0 Å². The minimum atomic E-state index is -0.336. The first kappa shape index (κ1) is 12.9. The molecule has 0 aliphatic rings. The van der Waals surface area contributed by atoms with Crippen LogP contribution in [0.1, 0.15) is 25.7 Å². The van der Waals surface area contributed by atoms with Crippen LogP contribution < -0.4 is 5.73 Å². The lowest BCUT2D eigenvalue weighted by atomic mass is 10.1. The molecule has 0 aromatic carbocycles. The summed E-state index contributed by atoms with van der Waals surface area (Å²) in [5, 5.41) is 0. The standard InChI is InChI=1S/C9H17NO4/c1-13-8(11)6-4-3-5-7(10)9(12)14-2/h7H,3-6,10H2,1-2H3/p+1. The van der Waals surface area contributed by atoms with E-state index in [1.54, 1.807) is 0 Å². The van der Waals surface area contributed by atoms with Crippen LogP contribution in [0.5, 0.6) is 0 Å². The second kappa shape index (κ2) is 7.32. The lowest BCUT2D eigenvalue weighted by Crippen LogP contribution is -2.65. The second-order valence-corrected chi connectivity index (χ2v) is 3.04. The van der Waals surface area contributed by atoms with Crippen molar-refractivity contribution in [3.63, 3.8) is 0 Å². The van der Waals surface area contributed by atoms with E-state index in [4.69, 9.17) is 0 Å². The molecule has 5 heteroatoms. The summed E-state index contributed by atoms with van der Waals surface area (Å²) < 4.78 is 9.00. The number of rotatable bonds is 6. The lowest BCUT2D eigenvalue weighted by Gasteiger charge is -2.05. The van der Waals surface area contributed by atoms with Crippen molar-refractivity contribution in [2.24, 2.45) is 0 Å². The Bertz CT molecular complexity index is 193. The number of hydrogen-bond acceptors (Lipinski definition) is 4. The van der Waals surface area contributed by atoms with Crippen LogP contribution in [0, 0.1) is 0 Å². The third kappa shape index (κ3) is 5.53. The molecule has 0 aromatic heterocycles. The fraction of sp³-hybridized carbons (Fsp3) is 0.778. The largest absolute Gasteiger partial charge is 0.469 e. The molecular formula is C9H18NO4+. The average Bonchev–Trinajstić information content (AvgIpc) is 2.22. The van der Waals surface area contributed by atoms with Crippen molar-refractivity contribution in [2.75, 3.05) is 14.2 Å². The van der Waals surface area contributed by atoms with E-state index >= 15 is 0 Å². The average molecular weight is 204 g/mol. The summed E-state index contributed by atoms with van der Waals surface area (Å²) in [4.78, 5) is 21.6. The van der Waals surface area contributed by atoms with Crippen LogP contribution in [0.15, 0.2) is 0 Å². The number of esters is 2. The normalized spacial score (nSPS) is 11.9.